The molecule has 16 heteroatoms. The van der Waals surface area contributed by atoms with E-state index in [4.69, 9.17) is 19.4 Å². The van der Waals surface area contributed by atoms with Crippen molar-refractivity contribution < 1.29 is 28.7 Å². The summed E-state index contributed by atoms with van der Waals surface area (Å²) < 4.78 is 9.91. The Morgan fingerprint density at radius 2 is 1.31 bits per heavy atom. The van der Waals surface area contributed by atoms with Gasteiger partial charge in [0, 0.05) is 12.1 Å². The molecule has 2 aliphatic heterocycles. The molecule has 10 atom stereocenters. The van der Waals surface area contributed by atoms with Gasteiger partial charge in [-0.1, -0.05) is 55.6 Å². The maximum atomic E-state index is 14.5. The highest BCUT2D eigenvalue weighted by atomic mass is 32.2. The standard InChI is InChI=1S/C52H72N8O6S2/c1-65-51(63)57-39(21-23-67-3)49(61)59-43-11-7-5-9-35(43)27-45(59)47-53-29-41(55-47)37-25-31-13-17-33(37)19-15-32-14-18-34(20-16-31)38(26-32)42-30-54-48(56-42)46-28-36-10-6-8-12-44(36)60(46)50(62)40(22-24-68-4)58-52(64)66-2/h13-14,17,26,29-31,34-36,39-40,43-46H,5-12,15-16,18-25,27-28H2,1-4H3,(H,53,55)(H,54,56)(H,57,63)(H,58,64)/t31-,34+,35?,36?,39-,40-,43?,44?,45-,46-/m0/s1. The lowest BCUT2D eigenvalue weighted by atomic mass is 9.77. The lowest BCUT2D eigenvalue weighted by Crippen LogP contribution is -2.52. The van der Waals surface area contributed by atoms with Gasteiger partial charge in [0.15, 0.2) is 0 Å². The fraction of sp³-hybridized carbons (Fsp3) is 0.654. The molecule has 2 saturated carbocycles. The van der Waals surface area contributed by atoms with Gasteiger partial charge in [0.2, 0.25) is 11.8 Å². The second-order valence-corrected chi connectivity index (χ2v) is 22.2. The quantitative estimate of drug-likeness (QED) is 0.143. The summed E-state index contributed by atoms with van der Waals surface area (Å²) in [4.78, 5) is 75.8. The molecular weight excluding hydrogens is 897 g/mol. The number of aromatic amines is 2. The summed E-state index contributed by atoms with van der Waals surface area (Å²) in [6, 6.07) is -1.38. The molecule has 12 rings (SSSR count). The van der Waals surface area contributed by atoms with E-state index in [1.807, 2.05) is 24.9 Å². The number of nitrogens with zero attached hydrogens (tertiary/aromatic N) is 4. The fourth-order valence-electron chi connectivity index (χ4n) is 12.9. The van der Waals surface area contributed by atoms with E-state index in [9.17, 15) is 19.2 Å². The van der Waals surface area contributed by atoms with E-state index >= 15 is 0 Å². The summed E-state index contributed by atoms with van der Waals surface area (Å²) in [5.74, 6) is 4.66. The predicted octanol–water partition coefficient (Wildman–Crippen LogP) is 9.69. The van der Waals surface area contributed by atoms with Crippen LogP contribution in [-0.2, 0) is 19.1 Å². The largest absolute Gasteiger partial charge is 0.453 e. The van der Waals surface area contributed by atoms with E-state index in [0.29, 0.717) is 36.5 Å². The third-order valence-electron chi connectivity index (χ3n) is 16.4. The third-order valence-corrected chi connectivity index (χ3v) is 17.6. The number of amides is 4. The number of thioether (sulfide) groups is 2. The minimum absolute atomic E-state index is 0.0343. The van der Waals surface area contributed by atoms with Gasteiger partial charge >= 0.3 is 12.2 Å². The Morgan fingerprint density at radius 1 is 0.750 bits per heavy atom. The van der Waals surface area contributed by atoms with Crippen molar-refractivity contribution in [1.82, 2.24) is 40.4 Å². The van der Waals surface area contributed by atoms with Gasteiger partial charge in [0.05, 0.1) is 50.1 Å². The fourth-order valence-corrected chi connectivity index (χ4v) is 13.8. The number of H-pyrrole nitrogens is 2. The number of imidazole rings is 2. The van der Waals surface area contributed by atoms with Crippen molar-refractivity contribution in [2.75, 3.05) is 38.2 Å². The third kappa shape index (κ3) is 10.4. The summed E-state index contributed by atoms with van der Waals surface area (Å²) in [5.41, 5.74) is 7.38. The first-order valence-electron chi connectivity index (χ1n) is 25.4. The highest BCUT2D eigenvalue weighted by molar-refractivity contribution is 7.98. The predicted molar refractivity (Wildman–Crippen MR) is 269 cm³/mol. The molecule has 4 heterocycles. The lowest BCUT2D eigenvalue weighted by Gasteiger charge is -2.36. The van der Waals surface area contributed by atoms with Crippen molar-refractivity contribution in [3.63, 3.8) is 0 Å². The summed E-state index contributed by atoms with van der Waals surface area (Å²) in [6.45, 7) is 0. The Morgan fingerprint density at radius 3 is 1.88 bits per heavy atom. The Bertz CT molecular complexity index is 2290. The molecule has 4 bridgehead atoms. The Labute approximate surface area is 410 Å². The number of hydrogen-bond donors (Lipinski definition) is 4. The molecule has 2 saturated heterocycles. The topological polar surface area (TPSA) is 175 Å². The number of fused-ring (bicyclic) bond motifs is 2. The van der Waals surface area contributed by atoms with Crippen LogP contribution in [0.3, 0.4) is 0 Å². The molecule has 4 fully saturated rings. The normalized spacial score (nSPS) is 28.7. The first kappa shape index (κ1) is 48.6. The van der Waals surface area contributed by atoms with Crippen molar-refractivity contribution in [2.45, 2.75) is 152 Å². The summed E-state index contributed by atoms with van der Waals surface area (Å²) in [6.07, 6.45) is 33.9. The van der Waals surface area contributed by atoms with Crippen molar-refractivity contribution in [3.8, 4) is 0 Å². The number of alkyl carbamates (subject to hydrolysis) is 2. The number of ether oxygens (including phenoxy) is 2. The zero-order valence-electron chi connectivity index (χ0n) is 40.4. The van der Waals surface area contributed by atoms with Gasteiger partial charge in [0.25, 0.3) is 0 Å². The van der Waals surface area contributed by atoms with Crippen LogP contribution < -0.4 is 10.6 Å². The first-order chi connectivity index (χ1) is 33.2. The molecular formula is C52H72N8O6S2. The minimum atomic E-state index is -0.650. The SMILES string of the molecule is COC(=O)N[C@@H](CCSC)C(=O)N1C2CCCCC2C[C@H]1c1ncc(C2=CC3=CC[C@@H]2CC[C@@H]2C=CC(=C(c4cnc([C@@H]5CC6CCCCC6N5C(=O)[C@H](CCSC)NC(=O)OC)[nH]4)C2)CC3)[nH]1. The number of nitrogens with one attached hydrogen (secondary N) is 4. The van der Waals surface area contributed by atoms with Gasteiger partial charge in [-0.3, -0.25) is 9.59 Å². The molecule has 10 aliphatic rings. The van der Waals surface area contributed by atoms with Crippen molar-refractivity contribution in [3.05, 3.63) is 70.9 Å². The molecule has 0 aromatic carbocycles. The molecule has 0 spiro atoms. The maximum absolute atomic E-state index is 14.5. The van der Waals surface area contributed by atoms with Gasteiger partial charge < -0.3 is 39.9 Å². The molecule has 14 nitrogen and oxygen atoms in total. The average molecular weight is 969 g/mol. The molecule has 0 radical (unpaired) electrons. The second kappa shape index (κ2) is 22.1. The Kier molecular flexibility index (Phi) is 15.8. The number of aromatic nitrogens is 4. The smallest absolute Gasteiger partial charge is 0.407 e. The maximum Gasteiger partial charge on any atom is 0.407 e. The average Bonchev–Trinajstić information content (AvgIpc) is 4.19. The number of likely N-dealkylation sites (tertiary alicyclic amines) is 2. The minimum Gasteiger partial charge on any atom is -0.453 e. The molecule has 2 aromatic heterocycles. The highest BCUT2D eigenvalue weighted by Gasteiger charge is 2.49. The van der Waals surface area contributed by atoms with Gasteiger partial charge in [-0.15, -0.1) is 0 Å². The number of carbonyl (C=O) groups excluding carboxylic acids is 4. The zero-order chi connectivity index (χ0) is 47.3. The second-order valence-electron chi connectivity index (χ2n) is 20.2. The van der Waals surface area contributed by atoms with Crippen LogP contribution in [0, 0.1) is 23.7 Å². The molecule has 4 amide bonds. The van der Waals surface area contributed by atoms with Gasteiger partial charge in [-0.05, 0) is 154 Å². The van der Waals surface area contributed by atoms with Crippen LogP contribution in [0.15, 0.2) is 47.8 Å². The van der Waals surface area contributed by atoms with Crippen LogP contribution in [0.25, 0.3) is 11.1 Å². The van der Waals surface area contributed by atoms with E-state index < -0.39 is 24.3 Å². The molecule has 4 N–H and O–H groups in total. The van der Waals surface area contributed by atoms with Crippen LogP contribution in [0.4, 0.5) is 9.59 Å². The van der Waals surface area contributed by atoms with E-state index in [1.165, 1.54) is 49.4 Å². The first-order valence-corrected chi connectivity index (χ1v) is 28.2. The lowest BCUT2D eigenvalue weighted by molar-refractivity contribution is -0.138. The summed E-state index contributed by atoms with van der Waals surface area (Å²) >= 11 is 3.34. The number of hydrogen-bond acceptors (Lipinski definition) is 10. The number of rotatable bonds is 14. The molecule has 4 unspecified atom stereocenters. The molecule has 8 aliphatic carbocycles. The van der Waals surface area contributed by atoms with Crippen molar-refractivity contribution in [2.24, 2.45) is 23.7 Å². The monoisotopic (exact) mass is 969 g/mol. The van der Waals surface area contributed by atoms with Crippen molar-refractivity contribution >= 4 is 58.7 Å². The highest BCUT2D eigenvalue weighted by Crippen LogP contribution is 2.49. The zero-order valence-corrected chi connectivity index (χ0v) is 42.1. The summed E-state index contributed by atoms with van der Waals surface area (Å²) in [7, 11) is 2.69. The van der Waals surface area contributed by atoms with Gasteiger partial charge in [0.1, 0.15) is 23.7 Å². The molecule has 368 valence electrons. The van der Waals surface area contributed by atoms with Crippen LogP contribution in [0.5, 0.6) is 0 Å². The van der Waals surface area contributed by atoms with Crippen LogP contribution >= 0.6 is 23.5 Å². The van der Waals surface area contributed by atoms with E-state index in [2.05, 4.69) is 54.7 Å². The van der Waals surface area contributed by atoms with E-state index in [0.717, 1.165) is 124 Å². The van der Waals surface area contributed by atoms with Crippen LogP contribution in [-0.4, -0.2) is 116 Å². The number of carbonyl (C=O) groups is 4. The summed E-state index contributed by atoms with van der Waals surface area (Å²) in [5, 5.41) is 5.73. The van der Waals surface area contributed by atoms with E-state index in [1.54, 1.807) is 23.5 Å². The number of allylic oxidation sites excluding steroid dienone is 8. The van der Waals surface area contributed by atoms with Crippen molar-refractivity contribution in [1.29, 1.82) is 0 Å². The Hall–Kier alpha value is -4.44. The van der Waals surface area contributed by atoms with E-state index in [-0.39, 0.29) is 36.0 Å². The number of methoxy groups -OCH3 is 2. The van der Waals surface area contributed by atoms with Crippen LogP contribution in [0.1, 0.15) is 151 Å². The van der Waals surface area contributed by atoms with Gasteiger partial charge in [-0.25, -0.2) is 19.6 Å². The Balaban J connectivity index is 0.945. The molecule has 68 heavy (non-hydrogen) atoms. The molecule has 2 aromatic rings. The van der Waals surface area contributed by atoms with Gasteiger partial charge in [-0.2, -0.15) is 23.5 Å². The van der Waals surface area contributed by atoms with Crippen LogP contribution in [0.2, 0.25) is 0 Å².